The maximum atomic E-state index is 12.7. The van der Waals surface area contributed by atoms with Gasteiger partial charge in [-0.15, -0.1) is 0 Å². The maximum Gasteiger partial charge on any atom is 0.243 e. The number of ether oxygens (including phenoxy) is 1. The summed E-state index contributed by atoms with van der Waals surface area (Å²) in [6.07, 6.45) is 0.799. The minimum Gasteiger partial charge on any atom is -0.397 e. The molecule has 7 nitrogen and oxygen atoms in total. The van der Waals surface area contributed by atoms with Crippen molar-refractivity contribution in [3.05, 3.63) is 18.2 Å². The standard InChI is InChI=1S/C14H24N4O3S/c1-21-10-9-17-5-2-6-18(8-7-17)22(19,20)12-3-4-13(15)14(16)11-12/h3-4,11H,2,5-10,15-16H2,1H3. The number of nitrogen functional groups attached to an aromatic ring is 2. The highest BCUT2D eigenvalue weighted by Gasteiger charge is 2.27. The van der Waals surface area contributed by atoms with Gasteiger partial charge in [-0.05, 0) is 31.2 Å². The van der Waals surface area contributed by atoms with E-state index in [4.69, 9.17) is 16.2 Å². The van der Waals surface area contributed by atoms with Gasteiger partial charge in [-0.3, -0.25) is 4.90 Å². The molecule has 1 saturated heterocycles. The fraction of sp³-hybridized carbons (Fsp3) is 0.571. The van der Waals surface area contributed by atoms with Crippen molar-refractivity contribution >= 4 is 21.4 Å². The third-order valence-corrected chi connectivity index (χ3v) is 5.75. The number of rotatable bonds is 5. The molecule has 0 aliphatic carbocycles. The van der Waals surface area contributed by atoms with Crippen LogP contribution in [0.25, 0.3) is 0 Å². The van der Waals surface area contributed by atoms with Gasteiger partial charge in [0, 0.05) is 33.3 Å². The van der Waals surface area contributed by atoms with Gasteiger partial charge in [-0.25, -0.2) is 8.42 Å². The first-order valence-corrected chi connectivity index (χ1v) is 8.75. The minimum atomic E-state index is -3.53. The molecule has 1 aliphatic heterocycles. The molecule has 1 aromatic rings. The zero-order valence-electron chi connectivity index (χ0n) is 12.9. The smallest absolute Gasteiger partial charge is 0.243 e. The lowest BCUT2D eigenvalue weighted by Gasteiger charge is -2.21. The largest absolute Gasteiger partial charge is 0.397 e. The van der Waals surface area contributed by atoms with Gasteiger partial charge in [0.05, 0.1) is 22.9 Å². The highest BCUT2D eigenvalue weighted by Crippen LogP contribution is 2.23. The summed E-state index contributed by atoms with van der Waals surface area (Å²) in [6.45, 7) is 4.03. The van der Waals surface area contributed by atoms with Crippen molar-refractivity contribution < 1.29 is 13.2 Å². The van der Waals surface area contributed by atoms with E-state index in [2.05, 4.69) is 4.90 Å². The number of nitrogens with zero attached hydrogens (tertiary/aromatic N) is 2. The summed E-state index contributed by atoms with van der Waals surface area (Å²) in [5.74, 6) is 0. The van der Waals surface area contributed by atoms with E-state index in [1.165, 1.54) is 22.5 Å². The molecule has 0 unspecified atom stereocenters. The Morgan fingerprint density at radius 2 is 1.91 bits per heavy atom. The van der Waals surface area contributed by atoms with Crippen molar-refractivity contribution in [3.8, 4) is 0 Å². The molecule has 22 heavy (non-hydrogen) atoms. The monoisotopic (exact) mass is 328 g/mol. The van der Waals surface area contributed by atoms with Crippen LogP contribution < -0.4 is 11.5 Å². The topological polar surface area (TPSA) is 102 Å². The van der Waals surface area contributed by atoms with Crippen LogP contribution in [0.5, 0.6) is 0 Å². The summed E-state index contributed by atoms with van der Waals surface area (Å²) in [6, 6.07) is 4.47. The summed E-state index contributed by atoms with van der Waals surface area (Å²) in [5.41, 5.74) is 12.1. The van der Waals surface area contributed by atoms with Crippen LogP contribution in [0.3, 0.4) is 0 Å². The van der Waals surface area contributed by atoms with E-state index in [9.17, 15) is 8.42 Å². The van der Waals surface area contributed by atoms with Crippen molar-refractivity contribution in [3.63, 3.8) is 0 Å². The van der Waals surface area contributed by atoms with E-state index in [0.717, 1.165) is 19.5 Å². The molecule has 1 fully saturated rings. The molecule has 0 amide bonds. The average Bonchev–Trinajstić information content (AvgIpc) is 2.73. The van der Waals surface area contributed by atoms with Gasteiger partial charge < -0.3 is 16.2 Å². The molecule has 0 spiro atoms. The van der Waals surface area contributed by atoms with Crippen LogP contribution in [0.1, 0.15) is 6.42 Å². The third kappa shape index (κ3) is 3.89. The Labute approximate surface area is 131 Å². The van der Waals surface area contributed by atoms with Crippen molar-refractivity contribution in [2.75, 3.05) is 57.9 Å². The van der Waals surface area contributed by atoms with Gasteiger partial charge in [0.25, 0.3) is 0 Å². The van der Waals surface area contributed by atoms with E-state index in [1.807, 2.05) is 0 Å². The first kappa shape index (κ1) is 17.0. The second-order valence-corrected chi connectivity index (χ2v) is 7.32. The fourth-order valence-corrected chi connectivity index (χ4v) is 4.00. The Morgan fingerprint density at radius 1 is 1.14 bits per heavy atom. The van der Waals surface area contributed by atoms with Gasteiger partial charge in [-0.2, -0.15) is 4.31 Å². The molecule has 0 aromatic heterocycles. The summed E-state index contributed by atoms with van der Waals surface area (Å²) < 4.78 is 32.0. The molecule has 4 N–H and O–H groups in total. The van der Waals surface area contributed by atoms with Crippen LogP contribution in [-0.2, 0) is 14.8 Å². The molecule has 124 valence electrons. The van der Waals surface area contributed by atoms with Crippen LogP contribution in [0, 0.1) is 0 Å². The van der Waals surface area contributed by atoms with Crippen molar-refractivity contribution in [1.82, 2.24) is 9.21 Å². The second-order valence-electron chi connectivity index (χ2n) is 5.38. The molecule has 8 heteroatoms. The van der Waals surface area contributed by atoms with Crippen molar-refractivity contribution in [1.29, 1.82) is 0 Å². The first-order chi connectivity index (χ1) is 10.4. The van der Waals surface area contributed by atoms with Gasteiger partial charge in [0.1, 0.15) is 0 Å². The normalized spacial score (nSPS) is 18.2. The minimum absolute atomic E-state index is 0.199. The van der Waals surface area contributed by atoms with Crippen LogP contribution in [0.15, 0.2) is 23.1 Å². The molecule has 0 bridgehead atoms. The Balaban J connectivity index is 2.10. The van der Waals surface area contributed by atoms with Gasteiger partial charge in [0.15, 0.2) is 0 Å². The second kappa shape index (κ2) is 7.28. The van der Waals surface area contributed by atoms with Crippen LogP contribution in [-0.4, -0.2) is 64.1 Å². The quantitative estimate of drug-likeness (QED) is 0.748. The summed E-state index contributed by atoms with van der Waals surface area (Å²) >= 11 is 0. The molecule has 0 radical (unpaired) electrons. The fourth-order valence-electron chi connectivity index (χ4n) is 2.49. The lowest BCUT2D eigenvalue weighted by atomic mass is 10.3. The highest BCUT2D eigenvalue weighted by molar-refractivity contribution is 7.89. The SMILES string of the molecule is COCCN1CCCN(S(=O)(=O)c2ccc(N)c(N)c2)CC1. The van der Waals surface area contributed by atoms with Crippen molar-refractivity contribution in [2.45, 2.75) is 11.3 Å². The Morgan fingerprint density at radius 3 is 2.59 bits per heavy atom. The molecule has 0 atom stereocenters. The lowest BCUT2D eigenvalue weighted by Crippen LogP contribution is -2.36. The Kier molecular flexibility index (Phi) is 5.63. The Hall–Kier alpha value is -1.35. The number of hydrogen-bond donors (Lipinski definition) is 2. The highest BCUT2D eigenvalue weighted by atomic mass is 32.2. The molecular formula is C14H24N4O3S. The molecule has 1 heterocycles. The van der Waals surface area contributed by atoms with Gasteiger partial charge in [-0.1, -0.05) is 0 Å². The van der Waals surface area contributed by atoms with E-state index in [1.54, 1.807) is 7.11 Å². The molecular weight excluding hydrogens is 304 g/mol. The van der Waals surface area contributed by atoms with Gasteiger partial charge in [0.2, 0.25) is 10.0 Å². The number of sulfonamides is 1. The summed E-state index contributed by atoms with van der Waals surface area (Å²) in [5, 5.41) is 0. The van der Waals surface area contributed by atoms with Crippen molar-refractivity contribution in [2.24, 2.45) is 0 Å². The predicted octanol–water partition coefficient (Wildman–Crippen LogP) is 0.194. The average molecular weight is 328 g/mol. The molecule has 1 aliphatic rings. The number of hydrogen-bond acceptors (Lipinski definition) is 6. The molecule has 2 rings (SSSR count). The van der Waals surface area contributed by atoms with Crippen LogP contribution in [0.4, 0.5) is 11.4 Å². The zero-order chi connectivity index (χ0) is 16.2. The number of anilines is 2. The Bertz CT molecular complexity index is 606. The maximum absolute atomic E-state index is 12.7. The molecule has 1 aromatic carbocycles. The van der Waals surface area contributed by atoms with Gasteiger partial charge >= 0.3 is 0 Å². The number of methoxy groups -OCH3 is 1. The summed E-state index contributed by atoms with van der Waals surface area (Å²) in [7, 11) is -1.86. The van der Waals surface area contributed by atoms with E-state index >= 15 is 0 Å². The predicted molar refractivity (Wildman–Crippen MR) is 87.0 cm³/mol. The number of benzene rings is 1. The number of nitrogens with two attached hydrogens (primary N) is 2. The first-order valence-electron chi connectivity index (χ1n) is 7.31. The van der Waals surface area contributed by atoms with Crippen LogP contribution in [0.2, 0.25) is 0 Å². The third-order valence-electron chi connectivity index (χ3n) is 3.86. The zero-order valence-corrected chi connectivity index (χ0v) is 13.7. The van der Waals surface area contributed by atoms with Crippen LogP contribution >= 0.6 is 0 Å². The summed E-state index contributed by atoms with van der Waals surface area (Å²) in [4.78, 5) is 2.42. The van der Waals surface area contributed by atoms with E-state index in [0.29, 0.717) is 31.9 Å². The van der Waals surface area contributed by atoms with E-state index in [-0.39, 0.29) is 10.6 Å². The van der Waals surface area contributed by atoms with E-state index < -0.39 is 10.0 Å². The molecule has 0 saturated carbocycles. The lowest BCUT2D eigenvalue weighted by molar-refractivity contribution is 0.151.